The number of hydrogen-bond acceptors (Lipinski definition) is 5. The van der Waals surface area contributed by atoms with E-state index in [1.807, 2.05) is 18.2 Å². The zero-order chi connectivity index (χ0) is 21.8. The Kier molecular flexibility index (Phi) is 6.11. The van der Waals surface area contributed by atoms with Crippen LogP contribution in [0.3, 0.4) is 0 Å². The van der Waals surface area contributed by atoms with Gasteiger partial charge in [-0.05, 0) is 42.9 Å². The summed E-state index contributed by atoms with van der Waals surface area (Å²) in [5.41, 5.74) is 1.97. The quantitative estimate of drug-likeness (QED) is 0.529. The van der Waals surface area contributed by atoms with E-state index in [2.05, 4.69) is 12.1 Å². The van der Waals surface area contributed by atoms with E-state index in [0.717, 1.165) is 24.2 Å². The van der Waals surface area contributed by atoms with Gasteiger partial charge >= 0.3 is 5.97 Å². The first kappa shape index (κ1) is 20.8. The largest absolute Gasteiger partial charge is 0.454 e. The van der Waals surface area contributed by atoms with Crippen molar-refractivity contribution in [2.75, 3.05) is 31.1 Å². The van der Waals surface area contributed by atoms with Crippen molar-refractivity contribution in [2.45, 2.75) is 19.3 Å². The van der Waals surface area contributed by atoms with Crippen molar-refractivity contribution >= 4 is 29.3 Å². The molecular formula is C24H24N2O5. The van der Waals surface area contributed by atoms with Crippen LogP contribution in [0.2, 0.25) is 0 Å². The minimum atomic E-state index is -0.759. The Balaban J connectivity index is 1.23. The molecular weight excluding hydrogens is 396 g/mol. The standard InChI is InChI=1S/C24H24N2O5/c27-21(25-12-10-18(11-13-25)14-17-6-2-1-3-7-17)16-31-22(28)15-26-20-9-5-4-8-19(20)23(29)24(26)30/h1-9,18H,10-16H2. The molecule has 4 rings (SSSR count). The van der Waals surface area contributed by atoms with Crippen LogP contribution in [0, 0.1) is 5.92 Å². The van der Waals surface area contributed by atoms with Crippen LogP contribution < -0.4 is 4.90 Å². The molecule has 2 heterocycles. The summed E-state index contributed by atoms with van der Waals surface area (Å²) in [6, 6.07) is 16.8. The highest BCUT2D eigenvalue weighted by Crippen LogP contribution is 2.28. The molecule has 2 aliphatic rings. The van der Waals surface area contributed by atoms with Crippen molar-refractivity contribution in [3.05, 3.63) is 65.7 Å². The Hall–Kier alpha value is -3.48. The number of amides is 2. The molecule has 2 aromatic rings. The monoisotopic (exact) mass is 420 g/mol. The molecule has 2 aromatic carbocycles. The van der Waals surface area contributed by atoms with Gasteiger partial charge in [0.25, 0.3) is 17.6 Å². The lowest BCUT2D eigenvalue weighted by atomic mass is 9.90. The SMILES string of the molecule is O=C(CN1C(=O)C(=O)c2ccccc21)OCC(=O)N1CCC(Cc2ccccc2)CC1. The third-order valence-electron chi connectivity index (χ3n) is 5.86. The van der Waals surface area contributed by atoms with Crippen molar-refractivity contribution < 1.29 is 23.9 Å². The lowest BCUT2D eigenvalue weighted by Gasteiger charge is -2.32. The topological polar surface area (TPSA) is 84.0 Å². The Morgan fingerprint density at radius 1 is 0.935 bits per heavy atom. The average Bonchev–Trinajstić information content (AvgIpc) is 3.04. The number of ketones is 1. The molecule has 0 bridgehead atoms. The van der Waals surface area contributed by atoms with E-state index < -0.39 is 24.2 Å². The van der Waals surface area contributed by atoms with Gasteiger partial charge in [0.15, 0.2) is 6.61 Å². The van der Waals surface area contributed by atoms with Gasteiger partial charge in [-0.1, -0.05) is 42.5 Å². The van der Waals surface area contributed by atoms with Gasteiger partial charge in [0.1, 0.15) is 6.54 Å². The molecule has 0 radical (unpaired) electrons. The number of fused-ring (bicyclic) bond motifs is 1. The Morgan fingerprint density at radius 2 is 1.61 bits per heavy atom. The fraction of sp³-hybridized carbons (Fsp3) is 0.333. The maximum absolute atomic E-state index is 12.4. The molecule has 0 spiro atoms. The Bertz CT molecular complexity index is 996. The number of piperidine rings is 1. The minimum Gasteiger partial charge on any atom is -0.454 e. The third kappa shape index (κ3) is 4.66. The second kappa shape index (κ2) is 9.12. The van der Waals surface area contributed by atoms with Gasteiger partial charge in [0, 0.05) is 13.1 Å². The summed E-state index contributed by atoms with van der Waals surface area (Å²) in [5, 5.41) is 0. The maximum Gasteiger partial charge on any atom is 0.326 e. The van der Waals surface area contributed by atoms with E-state index in [-0.39, 0.29) is 18.1 Å². The molecule has 7 heteroatoms. The van der Waals surface area contributed by atoms with Gasteiger partial charge in [-0.15, -0.1) is 0 Å². The molecule has 0 N–H and O–H groups in total. The number of benzene rings is 2. The van der Waals surface area contributed by atoms with Crippen LogP contribution in [0.15, 0.2) is 54.6 Å². The molecule has 0 aromatic heterocycles. The molecule has 2 aliphatic heterocycles. The van der Waals surface area contributed by atoms with E-state index in [4.69, 9.17) is 4.74 Å². The third-order valence-corrected chi connectivity index (χ3v) is 5.86. The highest BCUT2D eigenvalue weighted by atomic mass is 16.5. The van der Waals surface area contributed by atoms with Crippen molar-refractivity contribution in [3.63, 3.8) is 0 Å². The molecule has 0 aliphatic carbocycles. The smallest absolute Gasteiger partial charge is 0.326 e. The van der Waals surface area contributed by atoms with Gasteiger partial charge in [-0.2, -0.15) is 0 Å². The molecule has 1 fully saturated rings. The first-order chi connectivity index (χ1) is 15.0. The van der Waals surface area contributed by atoms with Crippen LogP contribution in [-0.2, 0) is 25.5 Å². The second-order valence-corrected chi connectivity index (χ2v) is 7.91. The van der Waals surface area contributed by atoms with Gasteiger partial charge in [0.05, 0.1) is 11.3 Å². The molecule has 0 saturated carbocycles. The number of hydrogen-bond donors (Lipinski definition) is 0. The summed E-state index contributed by atoms with van der Waals surface area (Å²) < 4.78 is 5.10. The number of rotatable bonds is 6. The van der Waals surface area contributed by atoms with Crippen LogP contribution >= 0.6 is 0 Å². The minimum absolute atomic E-state index is 0.240. The van der Waals surface area contributed by atoms with Gasteiger partial charge in [0.2, 0.25) is 0 Å². The van der Waals surface area contributed by atoms with Crippen molar-refractivity contribution in [2.24, 2.45) is 5.92 Å². The zero-order valence-electron chi connectivity index (χ0n) is 17.2. The summed E-state index contributed by atoms with van der Waals surface area (Å²) in [6.45, 7) is 0.522. The molecule has 0 atom stereocenters. The number of Topliss-reactive ketones (excluding diaryl/α,β-unsaturated/α-hetero) is 1. The average molecular weight is 420 g/mol. The molecule has 7 nitrogen and oxygen atoms in total. The van der Waals surface area contributed by atoms with E-state index in [1.54, 1.807) is 29.2 Å². The van der Waals surface area contributed by atoms with Crippen molar-refractivity contribution in [1.29, 1.82) is 0 Å². The number of esters is 1. The number of likely N-dealkylation sites (tertiary alicyclic amines) is 1. The molecule has 31 heavy (non-hydrogen) atoms. The normalized spacial score (nSPS) is 16.4. The number of ether oxygens (including phenoxy) is 1. The Labute approximate surface area is 180 Å². The zero-order valence-corrected chi connectivity index (χ0v) is 17.2. The van der Waals surface area contributed by atoms with Gasteiger partial charge in [-0.3, -0.25) is 24.1 Å². The molecule has 2 amide bonds. The molecule has 0 unspecified atom stereocenters. The summed E-state index contributed by atoms with van der Waals surface area (Å²) in [6.07, 6.45) is 2.83. The van der Waals surface area contributed by atoms with Crippen LogP contribution in [0.1, 0.15) is 28.8 Å². The van der Waals surface area contributed by atoms with E-state index in [1.165, 1.54) is 5.56 Å². The summed E-state index contributed by atoms with van der Waals surface area (Å²) >= 11 is 0. The number of nitrogens with zero attached hydrogens (tertiary/aromatic N) is 2. The summed E-state index contributed by atoms with van der Waals surface area (Å²) in [7, 11) is 0. The number of carbonyl (C=O) groups is 4. The first-order valence-corrected chi connectivity index (χ1v) is 10.5. The van der Waals surface area contributed by atoms with Crippen molar-refractivity contribution in [3.8, 4) is 0 Å². The fourth-order valence-corrected chi connectivity index (χ4v) is 4.15. The summed E-state index contributed by atoms with van der Waals surface area (Å²) in [5.74, 6) is -1.82. The lowest BCUT2D eigenvalue weighted by molar-refractivity contribution is -0.151. The highest BCUT2D eigenvalue weighted by molar-refractivity contribution is 6.52. The Morgan fingerprint density at radius 3 is 2.35 bits per heavy atom. The number of para-hydroxylation sites is 1. The predicted molar refractivity (Wildman–Crippen MR) is 114 cm³/mol. The van der Waals surface area contributed by atoms with Crippen molar-refractivity contribution in [1.82, 2.24) is 4.90 Å². The summed E-state index contributed by atoms with van der Waals surface area (Å²) in [4.78, 5) is 51.6. The van der Waals surface area contributed by atoms with Crippen LogP contribution in [0.4, 0.5) is 5.69 Å². The predicted octanol–water partition coefficient (Wildman–Crippen LogP) is 2.24. The second-order valence-electron chi connectivity index (χ2n) is 7.91. The van der Waals surface area contributed by atoms with Crippen LogP contribution in [-0.4, -0.2) is 54.7 Å². The fourth-order valence-electron chi connectivity index (χ4n) is 4.15. The molecule has 1 saturated heterocycles. The first-order valence-electron chi connectivity index (χ1n) is 10.5. The number of anilines is 1. The van der Waals surface area contributed by atoms with Crippen LogP contribution in [0.25, 0.3) is 0 Å². The number of carbonyl (C=O) groups excluding carboxylic acids is 4. The maximum atomic E-state index is 12.4. The van der Waals surface area contributed by atoms with Gasteiger partial charge in [-0.25, -0.2) is 0 Å². The van der Waals surface area contributed by atoms with E-state index in [0.29, 0.717) is 24.7 Å². The van der Waals surface area contributed by atoms with Gasteiger partial charge < -0.3 is 9.64 Å². The van der Waals surface area contributed by atoms with Crippen LogP contribution in [0.5, 0.6) is 0 Å². The van der Waals surface area contributed by atoms with E-state index >= 15 is 0 Å². The van der Waals surface area contributed by atoms with E-state index in [9.17, 15) is 19.2 Å². The molecule has 160 valence electrons. The highest BCUT2D eigenvalue weighted by Gasteiger charge is 2.36. The lowest BCUT2D eigenvalue weighted by Crippen LogP contribution is -2.42.